The minimum atomic E-state index is -3.93. The molecule has 220 valence electrons. The molecule has 2 fully saturated rings. The highest BCUT2D eigenvalue weighted by Gasteiger charge is 2.46. The molecule has 1 aliphatic heterocycles. The third-order valence-electron chi connectivity index (χ3n) is 7.58. The Labute approximate surface area is 236 Å². The van der Waals surface area contributed by atoms with Crippen LogP contribution in [0.5, 0.6) is 0 Å². The zero-order valence-electron chi connectivity index (χ0n) is 23.3. The van der Waals surface area contributed by atoms with Crippen LogP contribution in [0, 0.1) is 11.8 Å². The molecule has 0 bridgehead atoms. The van der Waals surface area contributed by atoms with Gasteiger partial charge in [0.25, 0.3) is 0 Å². The molecule has 2 aromatic carbocycles. The lowest BCUT2D eigenvalue weighted by molar-refractivity contribution is 0.0297. The van der Waals surface area contributed by atoms with Crippen LogP contribution in [-0.2, 0) is 30.7 Å². The van der Waals surface area contributed by atoms with Gasteiger partial charge in [-0.25, -0.2) is 13.2 Å². The fraction of sp³-hybridized carbons (Fsp3) is 0.552. The van der Waals surface area contributed by atoms with Crippen LogP contribution in [0.3, 0.4) is 0 Å². The Bertz CT molecular complexity index is 1210. The van der Waals surface area contributed by atoms with E-state index < -0.39 is 28.3 Å². The SMILES string of the molecule is CO[C@H]1CO[C@@H]2C[C@H](OC(=O)N[C@@H](Cc3ccccc3)C(O)CN(CC(C)C)S(=O)(=O)c3ccc(N)cc3)C[C@H]12. The molecule has 4 rings (SSSR count). The molecule has 1 saturated heterocycles. The lowest BCUT2D eigenvalue weighted by Gasteiger charge is -2.31. The molecule has 11 heteroatoms. The molecule has 1 aliphatic carbocycles. The van der Waals surface area contributed by atoms with E-state index in [1.54, 1.807) is 7.11 Å². The van der Waals surface area contributed by atoms with Crippen molar-refractivity contribution in [2.24, 2.45) is 11.8 Å². The number of nitrogens with two attached hydrogens (primary N) is 1. The Morgan fingerprint density at radius 2 is 1.82 bits per heavy atom. The summed E-state index contributed by atoms with van der Waals surface area (Å²) in [6.07, 6.45) is -0.683. The Hall–Kier alpha value is -2.70. The quantitative estimate of drug-likeness (QED) is 0.328. The highest BCUT2D eigenvalue weighted by atomic mass is 32.2. The van der Waals surface area contributed by atoms with Gasteiger partial charge in [0.15, 0.2) is 0 Å². The van der Waals surface area contributed by atoms with Crippen LogP contribution >= 0.6 is 0 Å². The zero-order valence-corrected chi connectivity index (χ0v) is 24.1. The first kappa shape index (κ1) is 30.3. The molecule has 10 nitrogen and oxygen atoms in total. The fourth-order valence-electron chi connectivity index (χ4n) is 5.54. The van der Waals surface area contributed by atoms with E-state index in [2.05, 4.69) is 5.32 Å². The molecule has 1 amide bonds. The van der Waals surface area contributed by atoms with Crippen molar-refractivity contribution >= 4 is 21.8 Å². The van der Waals surface area contributed by atoms with Gasteiger partial charge in [-0.1, -0.05) is 44.2 Å². The van der Waals surface area contributed by atoms with Gasteiger partial charge < -0.3 is 30.4 Å². The summed E-state index contributed by atoms with van der Waals surface area (Å²) >= 11 is 0. The molecular formula is C29H41N3O7S. The number of anilines is 1. The first-order valence-electron chi connectivity index (χ1n) is 13.8. The number of benzene rings is 2. The van der Waals surface area contributed by atoms with E-state index in [0.717, 1.165) is 5.56 Å². The predicted octanol–water partition coefficient (Wildman–Crippen LogP) is 2.81. The number of fused-ring (bicyclic) bond motifs is 1. The number of nitrogens with zero attached hydrogens (tertiary/aromatic N) is 1. The van der Waals surface area contributed by atoms with Crippen molar-refractivity contribution in [1.29, 1.82) is 0 Å². The van der Waals surface area contributed by atoms with Crippen LogP contribution < -0.4 is 11.1 Å². The smallest absolute Gasteiger partial charge is 0.407 e. The van der Waals surface area contributed by atoms with Gasteiger partial charge in [0, 0.05) is 38.2 Å². The van der Waals surface area contributed by atoms with Crippen molar-refractivity contribution in [2.75, 3.05) is 32.5 Å². The lowest BCUT2D eigenvalue weighted by atomic mass is 10.0. The summed E-state index contributed by atoms with van der Waals surface area (Å²) in [5, 5.41) is 14.2. The number of aliphatic hydroxyl groups excluding tert-OH is 1. The van der Waals surface area contributed by atoms with Crippen molar-refractivity contribution in [3.05, 3.63) is 60.2 Å². The van der Waals surface area contributed by atoms with Gasteiger partial charge in [0.2, 0.25) is 10.0 Å². The van der Waals surface area contributed by atoms with Gasteiger partial charge in [-0.3, -0.25) is 0 Å². The molecule has 2 aliphatic rings. The summed E-state index contributed by atoms with van der Waals surface area (Å²) in [6.45, 7) is 4.34. The molecular weight excluding hydrogens is 534 g/mol. The van der Waals surface area contributed by atoms with E-state index in [1.165, 1.54) is 28.6 Å². The van der Waals surface area contributed by atoms with E-state index in [9.17, 15) is 18.3 Å². The summed E-state index contributed by atoms with van der Waals surface area (Å²) in [7, 11) is -2.27. The van der Waals surface area contributed by atoms with Gasteiger partial charge in [-0.15, -0.1) is 0 Å². The number of carbonyl (C=O) groups excluding carboxylic acids is 1. The second-order valence-corrected chi connectivity index (χ2v) is 13.0. The number of hydrogen-bond acceptors (Lipinski definition) is 8. The van der Waals surface area contributed by atoms with Crippen LogP contribution in [0.15, 0.2) is 59.5 Å². The Balaban J connectivity index is 1.48. The summed E-state index contributed by atoms with van der Waals surface area (Å²) < 4.78 is 45.4. The van der Waals surface area contributed by atoms with E-state index in [-0.39, 0.29) is 48.1 Å². The standard InChI is InChI=1S/C29H41N3O7S/c1-19(2)16-32(40(35,36)23-11-9-21(30)10-12-23)17-26(33)25(13-20-7-5-4-6-8-20)31-29(34)39-22-14-24-27(15-22)38-18-28(24)37-3/h4-12,19,22,24-28,33H,13-18,30H2,1-3H3,(H,31,34)/t22-,24+,25+,26?,27-,28+/m1/s1. The number of ether oxygens (including phenoxy) is 3. The molecule has 0 spiro atoms. The number of nitrogens with one attached hydrogen (secondary N) is 1. The molecule has 4 N–H and O–H groups in total. The fourth-order valence-corrected chi connectivity index (χ4v) is 7.16. The van der Waals surface area contributed by atoms with Crippen molar-refractivity contribution in [1.82, 2.24) is 9.62 Å². The van der Waals surface area contributed by atoms with Crippen molar-refractivity contribution < 1.29 is 32.5 Å². The van der Waals surface area contributed by atoms with Gasteiger partial charge in [0.05, 0.1) is 35.9 Å². The number of nitrogen functional groups attached to an aromatic ring is 1. The van der Waals surface area contributed by atoms with Gasteiger partial charge in [0.1, 0.15) is 6.10 Å². The molecule has 40 heavy (non-hydrogen) atoms. The maximum absolute atomic E-state index is 13.5. The highest BCUT2D eigenvalue weighted by molar-refractivity contribution is 7.89. The zero-order chi connectivity index (χ0) is 28.9. The normalized spacial score (nSPS) is 24.1. The number of amides is 1. The van der Waals surface area contributed by atoms with Crippen LogP contribution in [0.25, 0.3) is 0 Å². The largest absolute Gasteiger partial charge is 0.446 e. The monoisotopic (exact) mass is 575 g/mol. The summed E-state index contributed by atoms with van der Waals surface area (Å²) in [5.74, 6) is 0.179. The number of hydrogen-bond donors (Lipinski definition) is 3. The van der Waals surface area contributed by atoms with E-state index >= 15 is 0 Å². The summed E-state index contributed by atoms with van der Waals surface area (Å²) in [4.78, 5) is 13.1. The maximum atomic E-state index is 13.5. The lowest BCUT2D eigenvalue weighted by Crippen LogP contribution is -2.51. The van der Waals surface area contributed by atoms with Crippen LogP contribution in [-0.4, -0.2) is 81.2 Å². The number of sulfonamides is 1. The molecule has 0 aromatic heterocycles. The van der Waals surface area contributed by atoms with Crippen molar-refractivity contribution in [3.63, 3.8) is 0 Å². The van der Waals surface area contributed by atoms with Crippen molar-refractivity contribution in [2.45, 2.75) is 68.5 Å². The van der Waals surface area contributed by atoms with E-state index in [4.69, 9.17) is 19.9 Å². The Morgan fingerprint density at radius 3 is 2.48 bits per heavy atom. The second-order valence-electron chi connectivity index (χ2n) is 11.1. The van der Waals surface area contributed by atoms with Gasteiger partial charge in [-0.05, 0) is 48.6 Å². The minimum absolute atomic E-state index is 0.00113. The average molecular weight is 576 g/mol. The van der Waals surface area contributed by atoms with Gasteiger partial charge >= 0.3 is 6.09 Å². The summed E-state index contributed by atoms with van der Waals surface area (Å²) in [6, 6.07) is 14.6. The number of alkyl carbamates (subject to hydrolysis) is 1. The first-order valence-corrected chi connectivity index (χ1v) is 15.2. The van der Waals surface area contributed by atoms with E-state index in [1.807, 2.05) is 44.2 Å². The Morgan fingerprint density at radius 1 is 1.12 bits per heavy atom. The number of carbonyl (C=O) groups is 1. The molecule has 1 heterocycles. The maximum Gasteiger partial charge on any atom is 0.407 e. The summed E-state index contributed by atoms with van der Waals surface area (Å²) in [5.41, 5.74) is 7.09. The average Bonchev–Trinajstić information content (AvgIpc) is 3.48. The molecule has 0 radical (unpaired) electrons. The third kappa shape index (κ3) is 7.52. The predicted molar refractivity (Wildman–Crippen MR) is 151 cm³/mol. The highest BCUT2D eigenvalue weighted by Crippen LogP contribution is 2.38. The number of methoxy groups -OCH3 is 1. The van der Waals surface area contributed by atoms with Crippen LogP contribution in [0.4, 0.5) is 10.5 Å². The topological polar surface area (TPSA) is 140 Å². The van der Waals surface area contributed by atoms with Crippen molar-refractivity contribution in [3.8, 4) is 0 Å². The minimum Gasteiger partial charge on any atom is -0.446 e. The second kappa shape index (κ2) is 13.3. The molecule has 6 atom stereocenters. The van der Waals surface area contributed by atoms with Gasteiger partial charge in [-0.2, -0.15) is 4.31 Å². The first-order chi connectivity index (χ1) is 19.1. The molecule has 1 saturated carbocycles. The Kier molecular flexibility index (Phi) is 10.1. The number of rotatable bonds is 12. The number of aliphatic hydroxyl groups is 1. The molecule has 2 aromatic rings. The van der Waals surface area contributed by atoms with Crippen LogP contribution in [0.1, 0.15) is 32.3 Å². The molecule has 1 unspecified atom stereocenters. The third-order valence-corrected chi connectivity index (χ3v) is 9.43. The van der Waals surface area contributed by atoms with E-state index in [0.29, 0.717) is 31.6 Å². The van der Waals surface area contributed by atoms with Crippen LogP contribution in [0.2, 0.25) is 0 Å².